The minimum absolute atomic E-state index is 0.00442. The van der Waals surface area contributed by atoms with Gasteiger partial charge < -0.3 is 14.6 Å². The molecule has 2 aromatic rings. The summed E-state index contributed by atoms with van der Waals surface area (Å²) < 4.78 is 10.2. The summed E-state index contributed by atoms with van der Waals surface area (Å²) in [5.41, 5.74) is 2.99. The monoisotopic (exact) mass is 393 g/mol. The van der Waals surface area contributed by atoms with Gasteiger partial charge in [-0.25, -0.2) is 4.79 Å². The third-order valence-electron chi connectivity index (χ3n) is 4.64. The smallest absolute Gasteiger partial charge is 0.342 e. The fourth-order valence-electron chi connectivity index (χ4n) is 3.25. The molecule has 0 fully saturated rings. The topological polar surface area (TPSA) is 76.1 Å². The van der Waals surface area contributed by atoms with Crippen molar-refractivity contribution in [1.82, 2.24) is 0 Å². The van der Waals surface area contributed by atoms with Crippen LogP contribution in [0.3, 0.4) is 0 Å². The first-order chi connectivity index (χ1) is 14.0. The number of benzene rings is 2. The number of rotatable bonds is 7. The maximum Gasteiger partial charge on any atom is 0.342 e. The van der Waals surface area contributed by atoms with E-state index in [1.54, 1.807) is 31.2 Å². The zero-order chi connectivity index (χ0) is 20.9. The predicted octanol–water partition coefficient (Wildman–Crippen LogP) is 2.71. The Morgan fingerprint density at radius 1 is 1.17 bits per heavy atom. The van der Waals surface area contributed by atoms with Crippen molar-refractivity contribution in [2.24, 2.45) is 0 Å². The number of amides is 1. The lowest BCUT2D eigenvalue weighted by Gasteiger charge is -2.19. The van der Waals surface area contributed by atoms with Gasteiger partial charge in [-0.3, -0.25) is 9.69 Å². The van der Waals surface area contributed by atoms with Gasteiger partial charge in [0.25, 0.3) is 5.91 Å². The molecular weight excluding hydrogens is 370 g/mol. The van der Waals surface area contributed by atoms with E-state index in [0.29, 0.717) is 11.3 Å². The minimum Gasteiger partial charge on any atom is -0.462 e. The van der Waals surface area contributed by atoms with E-state index >= 15 is 0 Å². The third-order valence-corrected chi connectivity index (χ3v) is 4.64. The fraction of sp³-hybridized carbons (Fsp3) is 0.261. The van der Waals surface area contributed by atoms with E-state index in [0.717, 1.165) is 5.56 Å². The quantitative estimate of drug-likeness (QED) is 0.445. The second kappa shape index (κ2) is 8.88. The number of hydrogen-bond acceptors (Lipinski definition) is 5. The van der Waals surface area contributed by atoms with Gasteiger partial charge in [0.05, 0.1) is 17.9 Å². The molecule has 0 saturated heterocycles. The Morgan fingerprint density at radius 2 is 1.86 bits per heavy atom. The van der Waals surface area contributed by atoms with Crippen molar-refractivity contribution in [2.75, 3.05) is 25.3 Å². The highest BCUT2D eigenvalue weighted by Crippen LogP contribution is 2.40. The van der Waals surface area contributed by atoms with Gasteiger partial charge in [-0.05, 0) is 18.6 Å². The van der Waals surface area contributed by atoms with Crippen LogP contribution < -0.4 is 4.90 Å². The lowest BCUT2D eigenvalue weighted by atomic mass is 9.94. The number of ether oxygens (including phenoxy) is 2. The Kier molecular flexibility index (Phi) is 6.29. The molecule has 1 amide bonds. The molecule has 1 unspecified atom stereocenters. The van der Waals surface area contributed by atoms with Gasteiger partial charge >= 0.3 is 5.97 Å². The number of para-hydroxylation sites is 1. The van der Waals surface area contributed by atoms with Crippen LogP contribution in [-0.4, -0.2) is 37.4 Å². The van der Waals surface area contributed by atoms with Crippen molar-refractivity contribution < 1.29 is 24.2 Å². The molecule has 0 aliphatic carbocycles. The van der Waals surface area contributed by atoms with Crippen LogP contribution >= 0.6 is 0 Å². The number of fused-ring (bicyclic) bond motifs is 1. The number of aliphatic hydroxyl groups is 1. The van der Waals surface area contributed by atoms with Gasteiger partial charge in [-0.2, -0.15) is 0 Å². The van der Waals surface area contributed by atoms with Gasteiger partial charge in [-0.1, -0.05) is 48.5 Å². The summed E-state index contributed by atoms with van der Waals surface area (Å²) in [5.74, 6) is -1.10. The SMILES string of the molecule is CCOC(=O)C(=C=CC1(O)C(=O)N(COC)c2ccccc21)Cc1ccccc1. The van der Waals surface area contributed by atoms with Crippen molar-refractivity contribution in [3.63, 3.8) is 0 Å². The highest BCUT2D eigenvalue weighted by Gasteiger charge is 2.48. The molecule has 0 bridgehead atoms. The van der Waals surface area contributed by atoms with Crippen LogP contribution in [0.1, 0.15) is 18.1 Å². The molecule has 29 heavy (non-hydrogen) atoms. The van der Waals surface area contributed by atoms with E-state index in [1.165, 1.54) is 18.1 Å². The van der Waals surface area contributed by atoms with Crippen LogP contribution in [-0.2, 0) is 31.1 Å². The van der Waals surface area contributed by atoms with Gasteiger partial charge in [0.1, 0.15) is 6.73 Å². The number of hydrogen-bond donors (Lipinski definition) is 1. The first-order valence-electron chi connectivity index (χ1n) is 9.31. The Bertz CT molecular complexity index is 962. The van der Waals surface area contributed by atoms with E-state index in [1.807, 2.05) is 30.3 Å². The summed E-state index contributed by atoms with van der Waals surface area (Å²) in [7, 11) is 1.47. The molecule has 1 aliphatic rings. The largest absolute Gasteiger partial charge is 0.462 e. The number of carbonyl (C=O) groups excluding carboxylic acids is 2. The first-order valence-corrected chi connectivity index (χ1v) is 9.31. The third kappa shape index (κ3) is 4.15. The summed E-state index contributed by atoms with van der Waals surface area (Å²) in [6.45, 7) is 1.94. The number of esters is 1. The second-order valence-electron chi connectivity index (χ2n) is 6.58. The van der Waals surface area contributed by atoms with E-state index < -0.39 is 17.5 Å². The Morgan fingerprint density at radius 3 is 2.55 bits per heavy atom. The zero-order valence-electron chi connectivity index (χ0n) is 16.4. The predicted molar refractivity (Wildman–Crippen MR) is 108 cm³/mol. The molecular formula is C23H23NO5. The maximum absolute atomic E-state index is 12.9. The first kappa shape index (κ1) is 20.6. The molecule has 0 radical (unpaired) electrons. The molecule has 6 heteroatoms. The Hall–Kier alpha value is -3.18. The molecule has 1 aliphatic heterocycles. The number of methoxy groups -OCH3 is 1. The zero-order valence-corrected chi connectivity index (χ0v) is 16.4. The molecule has 0 spiro atoms. The van der Waals surface area contributed by atoms with Gasteiger partial charge in [0.15, 0.2) is 5.60 Å². The van der Waals surface area contributed by atoms with Crippen molar-refractivity contribution in [3.05, 3.63) is 83.1 Å². The van der Waals surface area contributed by atoms with Crippen LogP contribution in [0.4, 0.5) is 5.69 Å². The summed E-state index contributed by atoms with van der Waals surface area (Å²) in [5, 5.41) is 11.2. The molecule has 150 valence electrons. The van der Waals surface area contributed by atoms with Crippen LogP contribution in [0.25, 0.3) is 0 Å². The Balaban J connectivity index is 2.05. The minimum atomic E-state index is -1.94. The average Bonchev–Trinajstić information content (AvgIpc) is 2.95. The van der Waals surface area contributed by atoms with Crippen molar-refractivity contribution >= 4 is 17.6 Å². The van der Waals surface area contributed by atoms with E-state index in [9.17, 15) is 14.7 Å². The molecule has 6 nitrogen and oxygen atoms in total. The van der Waals surface area contributed by atoms with E-state index in [-0.39, 0.29) is 25.3 Å². The number of nitrogens with zero attached hydrogens (tertiary/aromatic N) is 1. The van der Waals surface area contributed by atoms with Gasteiger partial charge in [0.2, 0.25) is 0 Å². The van der Waals surface area contributed by atoms with Crippen LogP contribution in [0.15, 0.2) is 72.0 Å². The van der Waals surface area contributed by atoms with Gasteiger partial charge in [0, 0.05) is 25.2 Å². The van der Waals surface area contributed by atoms with E-state index in [4.69, 9.17) is 9.47 Å². The van der Waals surface area contributed by atoms with Crippen LogP contribution in [0, 0.1) is 0 Å². The van der Waals surface area contributed by atoms with Crippen molar-refractivity contribution in [3.8, 4) is 0 Å². The lowest BCUT2D eigenvalue weighted by molar-refractivity contribution is -0.138. The lowest BCUT2D eigenvalue weighted by Crippen LogP contribution is -2.39. The molecule has 0 aromatic heterocycles. The second-order valence-corrected chi connectivity index (χ2v) is 6.58. The summed E-state index contributed by atoms with van der Waals surface area (Å²) in [6, 6.07) is 16.3. The highest BCUT2D eigenvalue weighted by atomic mass is 16.5. The molecule has 1 atom stereocenters. The van der Waals surface area contributed by atoms with Crippen molar-refractivity contribution in [1.29, 1.82) is 0 Å². The standard InChI is InChI=1S/C23H23NO5/c1-3-29-21(25)18(15-17-9-5-4-6-10-17)13-14-23(27)19-11-7-8-12-20(19)24(16-28-2)22(23)26/h4-12,14,27H,3,15-16H2,1-2H3. The van der Waals surface area contributed by atoms with E-state index in [2.05, 4.69) is 5.73 Å². The molecule has 1 heterocycles. The normalized spacial score (nSPS) is 17.5. The van der Waals surface area contributed by atoms with Crippen LogP contribution in [0.2, 0.25) is 0 Å². The summed E-state index contributed by atoms with van der Waals surface area (Å²) in [6.07, 6.45) is 1.50. The summed E-state index contributed by atoms with van der Waals surface area (Å²) in [4.78, 5) is 26.7. The molecule has 0 saturated carbocycles. The molecule has 2 aromatic carbocycles. The number of carbonyl (C=O) groups is 2. The van der Waals surface area contributed by atoms with Crippen molar-refractivity contribution in [2.45, 2.75) is 18.9 Å². The number of anilines is 1. The van der Waals surface area contributed by atoms with Gasteiger partial charge in [-0.15, -0.1) is 5.73 Å². The van der Waals surface area contributed by atoms with Crippen LogP contribution in [0.5, 0.6) is 0 Å². The Labute approximate surface area is 169 Å². The fourth-order valence-corrected chi connectivity index (χ4v) is 3.25. The summed E-state index contributed by atoms with van der Waals surface area (Å²) >= 11 is 0. The highest BCUT2D eigenvalue weighted by molar-refractivity contribution is 6.08. The molecule has 3 rings (SSSR count). The maximum atomic E-state index is 12.9. The average molecular weight is 393 g/mol. The molecule has 1 N–H and O–H groups in total.